The molecule has 0 aromatic heterocycles. The number of nitrogens with zero attached hydrogens (tertiary/aromatic N) is 1. The monoisotopic (exact) mass is 380 g/mol. The molecule has 0 radical (unpaired) electrons. The number of ether oxygens (including phenoxy) is 3. The van der Waals surface area contributed by atoms with Gasteiger partial charge in [0, 0.05) is 37.5 Å². The van der Waals surface area contributed by atoms with Gasteiger partial charge in [-0.05, 0) is 29.8 Å². The van der Waals surface area contributed by atoms with Crippen molar-refractivity contribution in [1.82, 2.24) is 0 Å². The van der Waals surface area contributed by atoms with Gasteiger partial charge in [0.05, 0.1) is 20.8 Å². The molecule has 2 aromatic rings. The Balaban J connectivity index is 0.00000338. The van der Waals surface area contributed by atoms with Gasteiger partial charge < -0.3 is 24.8 Å². The number of hydrogen-bond acceptors (Lipinski definition) is 5. The van der Waals surface area contributed by atoms with E-state index in [1.54, 1.807) is 50.5 Å². The first-order chi connectivity index (χ1) is 12.1. The summed E-state index contributed by atoms with van der Waals surface area (Å²) in [4.78, 5) is 14.6. The number of amides is 1. The van der Waals surface area contributed by atoms with E-state index in [2.05, 4.69) is 0 Å². The summed E-state index contributed by atoms with van der Waals surface area (Å²) >= 11 is 0. The number of halogens is 1. The van der Waals surface area contributed by atoms with Crippen LogP contribution in [0.3, 0.4) is 0 Å². The van der Waals surface area contributed by atoms with Crippen LogP contribution in [0.15, 0.2) is 42.5 Å². The van der Waals surface area contributed by atoms with E-state index >= 15 is 0 Å². The topological polar surface area (TPSA) is 74.0 Å². The van der Waals surface area contributed by atoms with Crippen molar-refractivity contribution in [3.8, 4) is 11.5 Å². The van der Waals surface area contributed by atoms with E-state index in [9.17, 15) is 4.79 Å². The number of methoxy groups -OCH3 is 3. The van der Waals surface area contributed by atoms with Crippen molar-refractivity contribution >= 4 is 24.0 Å². The molecule has 26 heavy (non-hydrogen) atoms. The lowest BCUT2D eigenvalue weighted by atomic mass is 10.1. The molecule has 2 aromatic carbocycles. The number of anilines is 1. The minimum atomic E-state index is -0.118. The molecule has 0 spiro atoms. The normalized spacial score (nSPS) is 10.0. The van der Waals surface area contributed by atoms with E-state index in [4.69, 9.17) is 19.9 Å². The van der Waals surface area contributed by atoms with Crippen LogP contribution in [0.4, 0.5) is 5.69 Å². The van der Waals surface area contributed by atoms with Gasteiger partial charge in [0.1, 0.15) is 0 Å². The van der Waals surface area contributed by atoms with E-state index in [-0.39, 0.29) is 18.3 Å². The smallest absolute Gasteiger partial charge is 0.258 e. The molecular formula is C19H25ClN2O4. The summed E-state index contributed by atoms with van der Waals surface area (Å²) in [7, 11) is 4.74. The Bertz CT molecular complexity index is 707. The van der Waals surface area contributed by atoms with E-state index in [1.165, 1.54) is 0 Å². The van der Waals surface area contributed by atoms with Crippen LogP contribution in [0, 0.1) is 0 Å². The summed E-state index contributed by atoms with van der Waals surface area (Å²) in [5.74, 6) is 1.05. The van der Waals surface area contributed by atoms with Crippen molar-refractivity contribution in [2.24, 2.45) is 5.73 Å². The van der Waals surface area contributed by atoms with Gasteiger partial charge in [-0.15, -0.1) is 12.4 Å². The molecule has 142 valence electrons. The molecule has 0 fully saturated rings. The van der Waals surface area contributed by atoms with Gasteiger partial charge in [-0.3, -0.25) is 4.79 Å². The molecule has 0 aliphatic carbocycles. The van der Waals surface area contributed by atoms with Crippen molar-refractivity contribution < 1.29 is 19.0 Å². The van der Waals surface area contributed by atoms with Crippen molar-refractivity contribution in [1.29, 1.82) is 0 Å². The van der Waals surface area contributed by atoms with Crippen molar-refractivity contribution in [3.05, 3.63) is 53.6 Å². The summed E-state index contributed by atoms with van der Waals surface area (Å²) < 4.78 is 15.7. The highest BCUT2D eigenvalue weighted by atomic mass is 35.5. The fourth-order valence-corrected chi connectivity index (χ4v) is 2.46. The average molecular weight is 381 g/mol. The molecule has 0 saturated carbocycles. The third-order valence-electron chi connectivity index (χ3n) is 3.88. The zero-order valence-electron chi connectivity index (χ0n) is 15.2. The van der Waals surface area contributed by atoms with Crippen LogP contribution in [0.1, 0.15) is 15.9 Å². The Hall–Kier alpha value is -2.28. The Morgan fingerprint density at radius 1 is 1.00 bits per heavy atom. The maximum Gasteiger partial charge on any atom is 0.258 e. The molecule has 0 aliphatic heterocycles. The first-order valence-electron chi connectivity index (χ1n) is 7.96. The molecule has 0 saturated heterocycles. The zero-order chi connectivity index (χ0) is 18.2. The first kappa shape index (κ1) is 21.8. The molecule has 0 bridgehead atoms. The van der Waals surface area contributed by atoms with Crippen molar-refractivity contribution in [3.63, 3.8) is 0 Å². The van der Waals surface area contributed by atoms with Gasteiger partial charge >= 0.3 is 0 Å². The summed E-state index contributed by atoms with van der Waals surface area (Å²) in [6.07, 6.45) is 0. The summed E-state index contributed by atoms with van der Waals surface area (Å²) in [5, 5.41) is 0. The number of benzene rings is 2. The second-order valence-electron chi connectivity index (χ2n) is 5.39. The summed E-state index contributed by atoms with van der Waals surface area (Å²) in [6, 6.07) is 12.7. The Labute approximate surface area is 160 Å². The van der Waals surface area contributed by atoms with Gasteiger partial charge in [-0.1, -0.05) is 12.1 Å². The highest BCUT2D eigenvalue weighted by Crippen LogP contribution is 2.32. The standard InChI is InChI=1S/C19H24N2O4.ClH/c1-23-11-10-21(16-8-9-17(24-2)18(12-16)25-3)19(22)15-6-4-14(13-20)5-7-15;/h4-9,12H,10-11,13,20H2,1-3H3;1H. The molecule has 2 rings (SSSR count). The van der Waals surface area contributed by atoms with Gasteiger partial charge in [-0.25, -0.2) is 0 Å². The lowest BCUT2D eigenvalue weighted by Crippen LogP contribution is -2.34. The van der Waals surface area contributed by atoms with Crippen LogP contribution in [-0.2, 0) is 11.3 Å². The lowest BCUT2D eigenvalue weighted by molar-refractivity contribution is 0.0976. The molecular weight excluding hydrogens is 356 g/mol. The summed E-state index contributed by atoms with van der Waals surface area (Å²) in [5.41, 5.74) is 7.89. The molecule has 7 heteroatoms. The molecule has 0 atom stereocenters. The first-order valence-corrected chi connectivity index (χ1v) is 7.96. The Morgan fingerprint density at radius 3 is 2.19 bits per heavy atom. The van der Waals surface area contributed by atoms with Gasteiger partial charge in [0.25, 0.3) is 5.91 Å². The molecule has 1 amide bonds. The quantitative estimate of drug-likeness (QED) is 0.762. The van der Waals surface area contributed by atoms with Gasteiger partial charge in [0.2, 0.25) is 0 Å². The number of nitrogens with two attached hydrogens (primary N) is 1. The van der Waals surface area contributed by atoms with E-state index in [0.717, 1.165) is 5.56 Å². The number of rotatable bonds is 8. The Morgan fingerprint density at radius 2 is 1.65 bits per heavy atom. The fraction of sp³-hybridized carbons (Fsp3) is 0.316. The van der Waals surface area contributed by atoms with E-state index in [0.29, 0.717) is 42.4 Å². The second kappa shape index (κ2) is 10.7. The fourth-order valence-electron chi connectivity index (χ4n) is 2.46. The van der Waals surface area contributed by atoms with Crippen LogP contribution in [0.25, 0.3) is 0 Å². The average Bonchev–Trinajstić information content (AvgIpc) is 2.67. The SMILES string of the molecule is COCCN(C(=O)c1ccc(CN)cc1)c1ccc(OC)c(OC)c1.Cl. The number of hydrogen-bond donors (Lipinski definition) is 1. The van der Waals surface area contributed by atoms with Crippen molar-refractivity contribution in [2.75, 3.05) is 39.4 Å². The van der Waals surface area contributed by atoms with Crippen LogP contribution in [-0.4, -0.2) is 40.4 Å². The third-order valence-corrected chi connectivity index (χ3v) is 3.88. The van der Waals surface area contributed by atoms with E-state index in [1.807, 2.05) is 18.2 Å². The molecule has 6 nitrogen and oxygen atoms in total. The highest BCUT2D eigenvalue weighted by molar-refractivity contribution is 6.06. The maximum absolute atomic E-state index is 13.0. The van der Waals surface area contributed by atoms with Crippen LogP contribution in [0.2, 0.25) is 0 Å². The highest BCUT2D eigenvalue weighted by Gasteiger charge is 2.19. The van der Waals surface area contributed by atoms with Crippen molar-refractivity contribution in [2.45, 2.75) is 6.54 Å². The maximum atomic E-state index is 13.0. The van der Waals surface area contributed by atoms with Crippen LogP contribution >= 0.6 is 12.4 Å². The largest absolute Gasteiger partial charge is 0.493 e. The predicted molar refractivity (Wildman–Crippen MR) is 105 cm³/mol. The third kappa shape index (κ3) is 5.11. The van der Waals surface area contributed by atoms with Crippen LogP contribution in [0.5, 0.6) is 11.5 Å². The summed E-state index contributed by atoms with van der Waals surface area (Å²) in [6.45, 7) is 1.28. The van der Waals surface area contributed by atoms with Crippen LogP contribution < -0.4 is 20.1 Å². The lowest BCUT2D eigenvalue weighted by Gasteiger charge is -2.24. The van der Waals surface area contributed by atoms with Gasteiger partial charge in [0.15, 0.2) is 11.5 Å². The predicted octanol–water partition coefficient (Wildman–Crippen LogP) is 2.88. The Kier molecular flexibility index (Phi) is 8.92. The minimum Gasteiger partial charge on any atom is -0.493 e. The number of carbonyl (C=O) groups excluding carboxylic acids is 1. The minimum absolute atomic E-state index is 0. The molecule has 0 unspecified atom stereocenters. The van der Waals surface area contributed by atoms with E-state index < -0.39 is 0 Å². The molecule has 2 N–H and O–H groups in total. The second-order valence-corrected chi connectivity index (χ2v) is 5.39. The van der Waals surface area contributed by atoms with Gasteiger partial charge in [-0.2, -0.15) is 0 Å². The molecule has 0 heterocycles. The molecule has 0 aliphatic rings. The number of carbonyl (C=O) groups is 1. The zero-order valence-corrected chi connectivity index (χ0v) is 16.0.